The van der Waals surface area contributed by atoms with E-state index in [0.717, 1.165) is 0 Å². The molecule has 0 saturated carbocycles. The first-order valence-electron chi connectivity index (χ1n) is 6.48. The Balaban J connectivity index is 2.40. The maximum Gasteiger partial charge on any atom is 0.326 e. The van der Waals surface area contributed by atoms with Crippen LogP contribution in [0, 0.1) is 5.92 Å². The van der Waals surface area contributed by atoms with Crippen molar-refractivity contribution in [1.29, 1.82) is 0 Å². The molecule has 21 heavy (non-hydrogen) atoms. The zero-order chi connectivity index (χ0) is 15.6. The lowest BCUT2D eigenvalue weighted by molar-refractivity contribution is -0.140. The Morgan fingerprint density at radius 3 is 2.43 bits per heavy atom. The predicted octanol–water partition coefficient (Wildman–Crippen LogP) is 2.73. The lowest BCUT2D eigenvalue weighted by Crippen LogP contribution is -2.44. The molecule has 0 aliphatic heterocycles. The zero-order valence-electron chi connectivity index (χ0n) is 11.6. The highest BCUT2D eigenvalue weighted by Crippen LogP contribution is 2.24. The lowest BCUT2D eigenvalue weighted by atomic mass is 10.0. The zero-order valence-corrected chi connectivity index (χ0v) is 12.4. The van der Waals surface area contributed by atoms with E-state index in [1.165, 1.54) is 6.20 Å². The number of hydrogen-bond donors (Lipinski definition) is 2. The van der Waals surface area contributed by atoms with Crippen LogP contribution in [0.2, 0.25) is 5.15 Å². The molecular weight excluding hydrogens is 292 g/mol. The molecule has 0 aliphatic carbocycles. The monoisotopic (exact) mass is 306 g/mol. The number of nitrogens with zero attached hydrogens (tertiary/aromatic N) is 1. The number of carboxylic acid groups (broad SMARTS) is 1. The number of rotatable bonds is 4. The smallest absolute Gasteiger partial charge is 0.326 e. The van der Waals surface area contributed by atoms with Gasteiger partial charge in [0.2, 0.25) is 0 Å². The van der Waals surface area contributed by atoms with Crippen molar-refractivity contribution in [2.75, 3.05) is 0 Å². The number of nitrogens with one attached hydrogen (secondary N) is 1. The summed E-state index contributed by atoms with van der Waals surface area (Å²) >= 11 is 6.00. The number of fused-ring (bicyclic) bond motifs is 1. The van der Waals surface area contributed by atoms with Gasteiger partial charge in [0.15, 0.2) is 0 Å². The Kier molecular flexibility index (Phi) is 4.43. The van der Waals surface area contributed by atoms with E-state index in [0.29, 0.717) is 21.5 Å². The minimum absolute atomic E-state index is 0.224. The molecule has 0 bridgehead atoms. The van der Waals surface area contributed by atoms with Gasteiger partial charge < -0.3 is 10.4 Å². The van der Waals surface area contributed by atoms with Crippen molar-refractivity contribution in [1.82, 2.24) is 10.3 Å². The molecule has 1 heterocycles. The number of carbonyl (C=O) groups is 2. The van der Waals surface area contributed by atoms with Gasteiger partial charge in [0.05, 0.1) is 5.56 Å². The van der Waals surface area contributed by atoms with Crippen molar-refractivity contribution in [3.8, 4) is 0 Å². The number of benzene rings is 1. The molecule has 2 N–H and O–H groups in total. The van der Waals surface area contributed by atoms with Crippen LogP contribution < -0.4 is 5.32 Å². The van der Waals surface area contributed by atoms with E-state index >= 15 is 0 Å². The maximum absolute atomic E-state index is 12.3. The van der Waals surface area contributed by atoms with Crippen LogP contribution in [0.1, 0.15) is 24.2 Å². The summed E-state index contributed by atoms with van der Waals surface area (Å²) < 4.78 is 0. The van der Waals surface area contributed by atoms with Crippen molar-refractivity contribution in [2.45, 2.75) is 19.9 Å². The Bertz CT molecular complexity index is 700. The van der Waals surface area contributed by atoms with Gasteiger partial charge in [0.25, 0.3) is 5.91 Å². The fourth-order valence-corrected chi connectivity index (χ4v) is 2.29. The van der Waals surface area contributed by atoms with Gasteiger partial charge in [-0.1, -0.05) is 49.7 Å². The third-order valence-corrected chi connectivity index (χ3v) is 3.51. The summed E-state index contributed by atoms with van der Waals surface area (Å²) in [4.78, 5) is 27.5. The van der Waals surface area contributed by atoms with Crippen LogP contribution in [0.25, 0.3) is 10.8 Å². The number of aromatic nitrogens is 1. The average Bonchev–Trinajstić information content (AvgIpc) is 2.44. The molecular formula is C15H15ClN2O3. The molecule has 1 aromatic carbocycles. The molecule has 5 nitrogen and oxygen atoms in total. The molecule has 1 atom stereocenters. The highest BCUT2D eigenvalue weighted by molar-refractivity contribution is 6.34. The molecule has 0 spiro atoms. The lowest BCUT2D eigenvalue weighted by Gasteiger charge is -2.18. The summed E-state index contributed by atoms with van der Waals surface area (Å²) in [6.45, 7) is 3.47. The van der Waals surface area contributed by atoms with Crippen LogP contribution in [0.4, 0.5) is 0 Å². The summed E-state index contributed by atoms with van der Waals surface area (Å²) in [5, 5.41) is 13.3. The van der Waals surface area contributed by atoms with E-state index in [4.69, 9.17) is 16.7 Å². The minimum atomic E-state index is -1.07. The second-order valence-corrected chi connectivity index (χ2v) is 5.40. The molecule has 110 valence electrons. The maximum atomic E-state index is 12.3. The van der Waals surface area contributed by atoms with Gasteiger partial charge in [0.1, 0.15) is 11.2 Å². The first kappa shape index (κ1) is 15.3. The van der Waals surface area contributed by atoms with E-state index < -0.39 is 17.9 Å². The molecule has 0 radical (unpaired) electrons. The van der Waals surface area contributed by atoms with Gasteiger partial charge in [-0.2, -0.15) is 0 Å². The summed E-state index contributed by atoms with van der Waals surface area (Å²) in [5.74, 6) is -1.76. The fourth-order valence-electron chi connectivity index (χ4n) is 2.07. The largest absolute Gasteiger partial charge is 0.480 e. The van der Waals surface area contributed by atoms with E-state index in [1.807, 2.05) is 0 Å². The number of carbonyl (C=O) groups excluding carboxylic acids is 1. The number of pyridine rings is 1. The number of amides is 1. The van der Waals surface area contributed by atoms with E-state index in [2.05, 4.69) is 10.3 Å². The Morgan fingerprint density at radius 2 is 1.86 bits per heavy atom. The summed E-state index contributed by atoms with van der Waals surface area (Å²) in [6, 6.07) is 6.15. The van der Waals surface area contributed by atoms with Crippen molar-refractivity contribution in [3.63, 3.8) is 0 Å². The molecule has 0 aliphatic rings. The minimum Gasteiger partial charge on any atom is -0.480 e. The highest BCUT2D eigenvalue weighted by Gasteiger charge is 2.25. The summed E-state index contributed by atoms with van der Waals surface area (Å²) in [6.07, 6.45) is 1.36. The quantitative estimate of drug-likeness (QED) is 0.851. The average molecular weight is 307 g/mol. The Hall–Kier alpha value is -2.14. The van der Waals surface area contributed by atoms with Crippen LogP contribution in [0.3, 0.4) is 0 Å². The summed E-state index contributed by atoms with van der Waals surface area (Å²) in [5.41, 5.74) is 0.307. The van der Waals surface area contributed by atoms with Gasteiger partial charge in [-0.25, -0.2) is 9.78 Å². The van der Waals surface area contributed by atoms with Crippen molar-refractivity contribution in [3.05, 3.63) is 41.2 Å². The molecule has 2 rings (SSSR count). The first-order valence-corrected chi connectivity index (χ1v) is 6.86. The second-order valence-electron chi connectivity index (χ2n) is 5.04. The standard InChI is InChI=1S/C15H15ClN2O3/c1-8(2)12(15(20)21)18-14(19)11-7-17-13(16)10-6-4-3-5-9(10)11/h3-8,12H,1-2H3,(H,18,19)(H,20,21). The van der Waals surface area contributed by atoms with Crippen LogP contribution in [0.15, 0.2) is 30.5 Å². The van der Waals surface area contributed by atoms with E-state index in [9.17, 15) is 9.59 Å². The van der Waals surface area contributed by atoms with E-state index in [-0.39, 0.29) is 5.92 Å². The Labute approximate surface area is 126 Å². The second kappa shape index (κ2) is 6.10. The molecule has 1 amide bonds. The molecule has 1 aromatic heterocycles. The van der Waals surface area contributed by atoms with Crippen LogP contribution in [0.5, 0.6) is 0 Å². The molecule has 2 aromatic rings. The van der Waals surface area contributed by atoms with Crippen LogP contribution >= 0.6 is 11.6 Å². The molecule has 6 heteroatoms. The topological polar surface area (TPSA) is 79.3 Å². The van der Waals surface area contributed by atoms with Gasteiger partial charge in [0, 0.05) is 11.6 Å². The van der Waals surface area contributed by atoms with Crippen molar-refractivity contribution < 1.29 is 14.7 Å². The number of halogens is 1. The SMILES string of the molecule is CC(C)C(NC(=O)c1cnc(Cl)c2ccccc12)C(=O)O. The fraction of sp³-hybridized carbons (Fsp3) is 0.267. The molecule has 0 saturated heterocycles. The third-order valence-electron chi connectivity index (χ3n) is 3.21. The number of carboxylic acids is 1. The highest BCUT2D eigenvalue weighted by atomic mass is 35.5. The van der Waals surface area contributed by atoms with Gasteiger partial charge in [-0.3, -0.25) is 4.79 Å². The third kappa shape index (κ3) is 3.13. The number of aliphatic carboxylic acids is 1. The molecule has 0 fully saturated rings. The van der Waals surface area contributed by atoms with Crippen LogP contribution in [-0.2, 0) is 4.79 Å². The van der Waals surface area contributed by atoms with Gasteiger partial charge in [-0.05, 0) is 11.3 Å². The summed E-state index contributed by atoms with van der Waals surface area (Å²) in [7, 11) is 0. The number of hydrogen-bond acceptors (Lipinski definition) is 3. The van der Waals surface area contributed by atoms with Gasteiger partial charge in [-0.15, -0.1) is 0 Å². The van der Waals surface area contributed by atoms with E-state index in [1.54, 1.807) is 38.1 Å². The van der Waals surface area contributed by atoms with Gasteiger partial charge >= 0.3 is 5.97 Å². The Morgan fingerprint density at radius 1 is 1.24 bits per heavy atom. The predicted molar refractivity (Wildman–Crippen MR) is 80.5 cm³/mol. The normalized spacial score (nSPS) is 12.4. The van der Waals surface area contributed by atoms with Crippen LogP contribution in [-0.4, -0.2) is 28.0 Å². The molecule has 1 unspecified atom stereocenters. The van der Waals surface area contributed by atoms with Crippen molar-refractivity contribution in [2.24, 2.45) is 5.92 Å². The van der Waals surface area contributed by atoms with Crippen molar-refractivity contribution >= 4 is 34.2 Å². The first-order chi connectivity index (χ1) is 9.91.